The van der Waals surface area contributed by atoms with E-state index in [1.54, 1.807) is 12.1 Å². The average Bonchev–Trinajstić information content (AvgIpc) is 2.60. The summed E-state index contributed by atoms with van der Waals surface area (Å²) in [6.45, 7) is 7.50. The fourth-order valence-corrected chi connectivity index (χ4v) is 4.01. The summed E-state index contributed by atoms with van der Waals surface area (Å²) >= 11 is 0. The van der Waals surface area contributed by atoms with Crippen LogP contribution in [-0.4, -0.2) is 20.3 Å². The van der Waals surface area contributed by atoms with Crippen molar-refractivity contribution in [1.82, 2.24) is 4.72 Å². The van der Waals surface area contributed by atoms with Crippen LogP contribution >= 0.6 is 0 Å². The van der Waals surface area contributed by atoms with Crippen molar-refractivity contribution in [1.29, 1.82) is 0 Å². The molecule has 7 nitrogen and oxygen atoms in total. The molecule has 0 unspecified atom stereocenters. The number of aliphatic carboxylic acids is 1. The summed E-state index contributed by atoms with van der Waals surface area (Å²) in [6, 6.07) is 11.8. The van der Waals surface area contributed by atoms with E-state index in [4.69, 9.17) is 0 Å². The highest BCUT2D eigenvalue weighted by Crippen LogP contribution is 2.26. The molecular formula is C21H25N2O5S-. The van der Waals surface area contributed by atoms with Gasteiger partial charge in [-0.2, -0.15) is 0 Å². The van der Waals surface area contributed by atoms with E-state index in [0.29, 0.717) is 11.3 Å². The van der Waals surface area contributed by atoms with Crippen molar-refractivity contribution in [3.8, 4) is 0 Å². The minimum atomic E-state index is -3.99. The molecule has 2 aromatic carbocycles. The molecule has 0 spiro atoms. The molecule has 0 fully saturated rings. The smallest absolute Gasteiger partial charge is 0.241 e. The molecule has 29 heavy (non-hydrogen) atoms. The van der Waals surface area contributed by atoms with Crippen LogP contribution in [-0.2, 0) is 25.0 Å². The van der Waals surface area contributed by atoms with Crippen LogP contribution in [0.5, 0.6) is 0 Å². The van der Waals surface area contributed by atoms with Crippen LogP contribution in [0, 0.1) is 0 Å². The number of carboxylic acids is 1. The SMILES string of the molecule is CC(=O)Nc1ccc(S(=O)(=O)N[C@H](CC(=O)[O-])c2ccc(C(C)(C)C)cc2)cc1. The van der Waals surface area contributed by atoms with Gasteiger partial charge in [-0.15, -0.1) is 0 Å². The lowest BCUT2D eigenvalue weighted by molar-refractivity contribution is -0.306. The maximum atomic E-state index is 12.7. The Balaban J connectivity index is 2.28. The van der Waals surface area contributed by atoms with Gasteiger partial charge >= 0.3 is 0 Å². The molecule has 2 rings (SSSR count). The number of hydrogen-bond acceptors (Lipinski definition) is 5. The number of hydrogen-bond donors (Lipinski definition) is 2. The Hall–Kier alpha value is -2.71. The van der Waals surface area contributed by atoms with Gasteiger partial charge in [0.1, 0.15) is 0 Å². The molecule has 156 valence electrons. The fraction of sp³-hybridized carbons (Fsp3) is 0.333. The highest BCUT2D eigenvalue weighted by atomic mass is 32.2. The molecule has 0 saturated carbocycles. The number of nitrogens with one attached hydrogen (secondary N) is 2. The summed E-state index contributed by atoms with van der Waals surface area (Å²) in [5.74, 6) is -1.63. The minimum Gasteiger partial charge on any atom is -0.550 e. The largest absolute Gasteiger partial charge is 0.550 e. The van der Waals surface area contributed by atoms with Crippen LogP contribution in [0.15, 0.2) is 53.4 Å². The molecule has 2 aromatic rings. The number of carbonyl (C=O) groups is 2. The molecule has 0 saturated heterocycles. The summed E-state index contributed by atoms with van der Waals surface area (Å²) in [4.78, 5) is 22.2. The van der Waals surface area contributed by atoms with Crippen molar-refractivity contribution in [3.63, 3.8) is 0 Å². The third-order valence-corrected chi connectivity index (χ3v) is 5.82. The maximum absolute atomic E-state index is 12.7. The molecule has 1 atom stereocenters. The van der Waals surface area contributed by atoms with Crippen molar-refractivity contribution >= 4 is 27.6 Å². The predicted octanol–water partition coefficient (Wildman–Crippen LogP) is 2.10. The average molecular weight is 418 g/mol. The lowest BCUT2D eigenvalue weighted by Crippen LogP contribution is -2.34. The van der Waals surface area contributed by atoms with Crippen LogP contribution in [0.2, 0.25) is 0 Å². The Morgan fingerprint density at radius 3 is 2.00 bits per heavy atom. The van der Waals surface area contributed by atoms with E-state index in [2.05, 4.69) is 10.0 Å². The van der Waals surface area contributed by atoms with E-state index in [-0.39, 0.29) is 16.2 Å². The van der Waals surface area contributed by atoms with Crippen molar-refractivity contribution in [3.05, 3.63) is 59.7 Å². The Morgan fingerprint density at radius 1 is 1.00 bits per heavy atom. The highest BCUT2D eigenvalue weighted by Gasteiger charge is 2.22. The zero-order valence-corrected chi connectivity index (χ0v) is 17.7. The first-order valence-electron chi connectivity index (χ1n) is 9.09. The highest BCUT2D eigenvalue weighted by molar-refractivity contribution is 7.89. The normalized spacial score (nSPS) is 13.0. The van der Waals surface area contributed by atoms with E-state index < -0.39 is 28.5 Å². The first kappa shape index (κ1) is 22.6. The van der Waals surface area contributed by atoms with Gasteiger partial charge in [0.05, 0.1) is 10.9 Å². The number of anilines is 1. The van der Waals surface area contributed by atoms with Gasteiger partial charge in [-0.25, -0.2) is 13.1 Å². The summed E-state index contributed by atoms with van der Waals surface area (Å²) < 4.78 is 27.9. The van der Waals surface area contributed by atoms with Crippen molar-refractivity contribution < 1.29 is 23.1 Å². The molecule has 0 aliphatic carbocycles. The molecule has 8 heteroatoms. The van der Waals surface area contributed by atoms with Crippen molar-refractivity contribution in [2.45, 2.75) is 50.5 Å². The summed E-state index contributed by atoms with van der Waals surface area (Å²) in [6.07, 6.45) is -0.502. The van der Waals surface area contributed by atoms with Crippen molar-refractivity contribution in [2.75, 3.05) is 5.32 Å². The van der Waals surface area contributed by atoms with E-state index in [1.165, 1.54) is 31.2 Å². The number of rotatable bonds is 7. The Bertz CT molecular complexity index is 975. The van der Waals surface area contributed by atoms with Gasteiger partial charge in [-0.05, 0) is 40.8 Å². The molecule has 1 amide bonds. The second-order valence-corrected chi connectivity index (χ2v) is 9.54. The Kier molecular flexibility index (Phi) is 6.81. The summed E-state index contributed by atoms with van der Waals surface area (Å²) in [5.41, 5.74) is 1.95. The Labute approximate surface area is 171 Å². The third-order valence-electron chi connectivity index (χ3n) is 4.33. The summed E-state index contributed by atoms with van der Waals surface area (Å²) in [5, 5.41) is 13.7. The molecule has 0 aromatic heterocycles. The topological polar surface area (TPSA) is 115 Å². The first-order chi connectivity index (χ1) is 13.4. The number of carbonyl (C=O) groups excluding carboxylic acids is 2. The zero-order valence-electron chi connectivity index (χ0n) is 16.9. The van der Waals surface area contributed by atoms with Gasteiger partial charge in [0.15, 0.2) is 0 Å². The molecule has 0 aliphatic heterocycles. The fourth-order valence-electron chi connectivity index (χ4n) is 2.79. The Morgan fingerprint density at radius 2 is 1.55 bits per heavy atom. The molecule has 2 N–H and O–H groups in total. The van der Waals surface area contributed by atoms with Gasteiger partial charge in [0.25, 0.3) is 0 Å². The number of amides is 1. The number of benzene rings is 2. The molecular weight excluding hydrogens is 392 g/mol. The van der Waals surface area contributed by atoms with Gasteiger partial charge in [-0.3, -0.25) is 4.79 Å². The van der Waals surface area contributed by atoms with Gasteiger partial charge in [0, 0.05) is 25.0 Å². The third kappa shape index (κ3) is 6.40. The minimum absolute atomic E-state index is 0.0405. The number of carboxylic acid groups (broad SMARTS) is 1. The van der Waals surface area contributed by atoms with Crippen LogP contribution < -0.4 is 15.1 Å². The van der Waals surface area contributed by atoms with E-state index in [1.807, 2.05) is 32.9 Å². The summed E-state index contributed by atoms with van der Waals surface area (Å²) in [7, 11) is -3.99. The van der Waals surface area contributed by atoms with Gasteiger partial charge < -0.3 is 15.2 Å². The zero-order chi connectivity index (χ0) is 21.8. The standard InChI is InChI=1S/C21H26N2O5S/c1-14(24)22-17-9-11-18(12-10-17)29(27,28)23-19(13-20(25)26)15-5-7-16(8-6-15)21(2,3)4/h5-12,19,23H,13H2,1-4H3,(H,22,24)(H,25,26)/p-1/t19-/m1/s1. The van der Waals surface area contributed by atoms with Crippen LogP contribution in [0.4, 0.5) is 5.69 Å². The monoisotopic (exact) mass is 417 g/mol. The second-order valence-electron chi connectivity index (χ2n) is 7.83. The quantitative estimate of drug-likeness (QED) is 0.716. The van der Waals surface area contributed by atoms with Crippen molar-refractivity contribution in [2.24, 2.45) is 0 Å². The van der Waals surface area contributed by atoms with Gasteiger partial charge in [-0.1, -0.05) is 45.0 Å². The predicted molar refractivity (Wildman–Crippen MR) is 109 cm³/mol. The first-order valence-corrected chi connectivity index (χ1v) is 10.6. The van der Waals surface area contributed by atoms with E-state index in [9.17, 15) is 23.1 Å². The lowest BCUT2D eigenvalue weighted by Gasteiger charge is -2.23. The molecule has 0 aliphatic rings. The lowest BCUT2D eigenvalue weighted by atomic mass is 9.86. The maximum Gasteiger partial charge on any atom is 0.241 e. The second kappa shape index (κ2) is 8.75. The van der Waals surface area contributed by atoms with Gasteiger partial charge in [0.2, 0.25) is 15.9 Å². The van der Waals surface area contributed by atoms with E-state index >= 15 is 0 Å². The van der Waals surface area contributed by atoms with E-state index in [0.717, 1.165) is 5.56 Å². The van der Waals surface area contributed by atoms with Crippen LogP contribution in [0.3, 0.4) is 0 Å². The van der Waals surface area contributed by atoms with Crippen LogP contribution in [0.25, 0.3) is 0 Å². The molecule has 0 heterocycles. The molecule has 0 radical (unpaired) electrons. The molecule has 0 bridgehead atoms. The van der Waals surface area contributed by atoms with Crippen LogP contribution in [0.1, 0.15) is 51.3 Å². The number of sulfonamides is 1.